The summed E-state index contributed by atoms with van der Waals surface area (Å²) in [5, 5.41) is 3.16. The van der Waals surface area contributed by atoms with Crippen molar-refractivity contribution in [2.75, 3.05) is 13.6 Å². The van der Waals surface area contributed by atoms with Gasteiger partial charge < -0.3 is 5.32 Å². The Morgan fingerprint density at radius 1 is 1.50 bits per heavy atom. The van der Waals surface area contributed by atoms with E-state index in [0.717, 1.165) is 18.5 Å². The van der Waals surface area contributed by atoms with Crippen LogP contribution in [0.5, 0.6) is 0 Å². The summed E-state index contributed by atoms with van der Waals surface area (Å²) < 4.78 is 13.6. The lowest BCUT2D eigenvalue weighted by molar-refractivity contribution is 0.528. The summed E-state index contributed by atoms with van der Waals surface area (Å²) in [6.07, 6.45) is 1.09. The zero-order valence-electron chi connectivity index (χ0n) is 8.68. The first-order valence-corrected chi connectivity index (χ1v) is 5.10. The second kappa shape index (κ2) is 3.35. The van der Waals surface area contributed by atoms with Crippen LogP contribution in [0.25, 0.3) is 0 Å². The molecule has 1 N–H and O–H groups in total. The van der Waals surface area contributed by atoms with Crippen LogP contribution in [0.1, 0.15) is 18.9 Å². The molecule has 1 aliphatic carbocycles. The Labute approximate surface area is 84.3 Å². The third kappa shape index (κ3) is 1.34. The van der Waals surface area contributed by atoms with E-state index in [9.17, 15) is 4.39 Å². The topological polar surface area (TPSA) is 12.0 Å². The fraction of sp³-hybridized carbons (Fsp3) is 0.500. The summed E-state index contributed by atoms with van der Waals surface area (Å²) in [7, 11) is 1.92. The van der Waals surface area contributed by atoms with Gasteiger partial charge in [-0.25, -0.2) is 4.39 Å². The van der Waals surface area contributed by atoms with Gasteiger partial charge in [-0.2, -0.15) is 0 Å². The predicted octanol–water partition coefficient (Wildman–Crippen LogP) is 2.32. The molecule has 0 heterocycles. The van der Waals surface area contributed by atoms with E-state index in [1.807, 2.05) is 19.2 Å². The molecule has 1 aromatic rings. The highest BCUT2D eigenvalue weighted by molar-refractivity contribution is 5.35. The van der Waals surface area contributed by atoms with E-state index in [4.69, 9.17) is 0 Å². The normalized spacial score (nSPS) is 30.4. The fourth-order valence-corrected chi connectivity index (χ4v) is 2.38. The first-order valence-electron chi connectivity index (χ1n) is 5.10. The molecule has 2 atom stereocenters. The monoisotopic (exact) mass is 193 g/mol. The second-order valence-electron chi connectivity index (χ2n) is 4.27. The van der Waals surface area contributed by atoms with Crippen LogP contribution < -0.4 is 5.32 Å². The summed E-state index contributed by atoms with van der Waals surface area (Å²) >= 11 is 0. The molecule has 0 aromatic heterocycles. The molecule has 0 bridgehead atoms. The lowest BCUT2D eigenvalue weighted by Crippen LogP contribution is -2.26. The number of benzene rings is 1. The van der Waals surface area contributed by atoms with E-state index >= 15 is 0 Å². The van der Waals surface area contributed by atoms with Gasteiger partial charge in [-0.05, 0) is 31.0 Å². The van der Waals surface area contributed by atoms with Crippen LogP contribution in [-0.2, 0) is 5.41 Å². The second-order valence-corrected chi connectivity index (χ2v) is 4.27. The maximum absolute atomic E-state index is 13.6. The van der Waals surface area contributed by atoms with Crippen LogP contribution >= 0.6 is 0 Å². The van der Waals surface area contributed by atoms with Gasteiger partial charge in [0.2, 0.25) is 0 Å². The largest absolute Gasteiger partial charge is 0.319 e. The Kier molecular flexibility index (Phi) is 2.31. The highest BCUT2D eigenvalue weighted by Gasteiger charge is 2.52. The van der Waals surface area contributed by atoms with Gasteiger partial charge in [0.15, 0.2) is 0 Å². The van der Waals surface area contributed by atoms with Crippen molar-refractivity contribution in [3.63, 3.8) is 0 Å². The predicted molar refractivity (Wildman–Crippen MR) is 55.8 cm³/mol. The van der Waals surface area contributed by atoms with Crippen molar-refractivity contribution in [1.29, 1.82) is 0 Å². The molecule has 0 amide bonds. The quantitative estimate of drug-likeness (QED) is 0.776. The Hall–Kier alpha value is -0.890. The molecular weight excluding hydrogens is 177 g/mol. The maximum Gasteiger partial charge on any atom is 0.127 e. The zero-order valence-corrected chi connectivity index (χ0v) is 8.68. The van der Waals surface area contributed by atoms with E-state index in [-0.39, 0.29) is 11.2 Å². The van der Waals surface area contributed by atoms with Crippen molar-refractivity contribution in [2.24, 2.45) is 5.92 Å². The first-order chi connectivity index (χ1) is 6.70. The number of nitrogens with one attached hydrogen (secondary N) is 1. The van der Waals surface area contributed by atoms with Crippen molar-refractivity contribution in [2.45, 2.75) is 18.8 Å². The first kappa shape index (κ1) is 9.66. The summed E-state index contributed by atoms with van der Waals surface area (Å²) in [5.74, 6) is 0.527. The van der Waals surface area contributed by atoms with Crippen LogP contribution in [0.4, 0.5) is 4.39 Å². The minimum absolute atomic E-state index is 0.0556. The molecule has 1 saturated carbocycles. The molecular formula is C12H16FN. The highest BCUT2D eigenvalue weighted by atomic mass is 19.1. The van der Waals surface area contributed by atoms with Gasteiger partial charge in [0.1, 0.15) is 5.82 Å². The van der Waals surface area contributed by atoms with Gasteiger partial charge in [-0.15, -0.1) is 0 Å². The van der Waals surface area contributed by atoms with Crippen molar-refractivity contribution >= 4 is 0 Å². The molecule has 1 fully saturated rings. The molecule has 76 valence electrons. The SMILES string of the molecule is CNCC1(c2ccccc2F)CC1C. The molecule has 14 heavy (non-hydrogen) atoms. The molecule has 1 aliphatic rings. The number of hydrogen-bond donors (Lipinski definition) is 1. The molecule has 0 saturated heterocycles. The molecule has 1 aromatic carbocycles. The number of rotatable bonds is 3. The van der Waals surface area contributed by atoms with Crippen molar-refractivity contribution < 1.29 is 4.39 Å². The number of halogens is 1. The molecule has 2 rings (SSSR count). The molecule has 2 heteroatoms. The van der Waals surface area contributed by atoms with E-state index in [1.54, 1.807) is 12.1 Å². The summed E-state index contributed by atoms with van der Waals surface area (Å²) in [6.45, 7) is 3.05. The highest BCUT2D eigenvalue weighted by Crippen LogP contribution is 2.54. The third-order valence-corrected chi connectivity index (χ3v) is 3.36. The third-order valence-electron chi connectivity index (χ3n) is 3.36. The zero-order chi connectivity index (χ0) is 10.2. The van der Waals surface area contributed by atoms with Crippen molar-refractivity contribution in [1.82, 2.24) is 5.32 Å². The molecule has 0 radical (unpaired) electrons. The lowest BCUT2D eigenvalue weighted by atomic mass is 9.93. The number of hydrogen-bond acceptors (Lipinski definition) is 1. The van der Waals surface area contributed by atoms with Crippen LogP contribution in [0.15, 0.2) is 24.3 Å². The average Bonchev–Trinajstić information content (AvgIpc) is 2.79. The Morgan fingerprint density at radius 3 is 2.64 bits per heavy atom. The van der Waals surface area contributed by atoms with Gasteiger partial charge in [-0.1, -0.05) is 25.1 Å². The fourth-order valence-electron chi connectivity index (χ4n) is 2.38. The van der Waals surface area contributed by atoms with E-state index in [0.29, 0.717) is 5.92 Å². The Balaban J connectivity index is 2.34. The Morgan fingerprint density at radius 2 is 2.14 bits per heavy atom. The van der Waals surface area contributed by atoms with Gasteiger partial charge in [0.25, 0.3) is 0 Å². The summed E-state index contributed by atoms with van der Waals surface area (Å²) in [6, 6.07) is 7.13. The van der Waals surface area contributed by atoms with Gasteiger partial charge in [-0.3, -0.25) is 0 Å². The van der Waals surface area contributed by atoms with Crippen molar-refractivity contribution in [3.05, 3.63) is 35.6 Å². The Bertz CT molecular complexity index is 337. The van der Waals surface area contributed by atoms with Gasteiger partial charge >= 0.3 is 0 Å². The average molecular weight is 193 g/mol. The molecule has 0 spiro atoms. The summed E-state index contributed by atoms with van der Waals surface area (Å²) in [5.41, 5.74) is 0.932. The van der Waals surface area contributed by atoms with Crippen LogP contribution in [0.3, 0.4) is 0 Å². The molecule has 2 unspecified atom stereocenters. The van der Waals surface area contributed by atoms with E-state index < -0.39 is 0 Å². The van der Waals surface area contributed by atoms with E-state index in [1.165, 1.54) is 0 Å². The molecule has 0 aliphatic heterocycles. The molecule has 1 nitrogen and oxygen atoms in total. The minimum atomic E-state index is -0.0629. The smallest absolute Gasteiger partial charge is 0.127 e. The standard InChI is InChI=1S/C12H16FN/c1-9-7-12(9,8-14-2)10-5-3-4-6-11(10)13/h3-6,9,14H,7-8H2,1-2H3. The lowest BCUT2D eigenvalue weighted by Gasteiger charge is -2.17. The van der Waals surface area contributed by atoms with Gasteiger partial charge in [0.05, 0.1) is 0 Å². The van der Waals surface area contributed by atoms with Crippen molar-refractivity contribution in [3.8, 4) is 0 Å². The number of likely N-dealkylation sites (N-methyl/N-ethyl adjacent to an activating group) is 1. The van der Waals surface area contributed by atoms with Crippen LogP contribution in [-0.4, -0.2) is 13.6 Å². The maximum atomic E-state index is 13.6. The van der Waals surface area contributed by atoms with E-state index in [2.05, 4.69) is 12.2 Å². The minimum Gasteiger partial charge on any atom is -0.319 e. The van der Waals surface area contributed by atoms with Crippen LogP contribution in [0, 0.1) is 11.7 Å². The van der Waals surface area contributed by atoms with Crippen LogP contribution in [0.2, 0.25) is 0 Å². The van der Waals surface area contributed by atoms with Gasteiger partial charge in [0, 0.05) is 12.0 Å². The summed E-state index contributed by atoms with van der Waals surface area (Å²) in [4.78, 5) is 0.